The molecular weight excluding hydrogens is 2480 g/mol. The Labute approximate surface area is 862 Å². The zero-order valence-corrected chi connectivity index (χ0v) is 85.5. The third-order valence-electron chi connectivity index (χ3n) is 23.0. The van der Waals surface area contributed by atoms with Gasteiger partial charge in [0.15, 0.2) is 0 Å². The van der Waals surface area contributed by atoms with Gasteiger partial charge in [0.1, 0.15) is 23.3 Å². The topological polar surface area (TPSA) is 135 Å². The number of hydrogen-bond donors (Lipinski definition) is 0. The fourth-order valence-electron chi connectivity index (χ4n) is 15.7. The quantitative estimate of drug-likeness (QED) is 0.0598. The number of nitrogens with zero attached hydrogens (tertiary/aromatic N) is 12. The summed E-state index contributed by atoms with van der Waals surface area (Å²) in [7, 11) is 0. The fourth-order valence-corrected chi connectivity index (χ4v) is 15.7. The van der Waals surface area contributed by atoms with Gasteiger partial charge in [0.2, 0.25) is 0 Å². The molecule has 1 saturated carbocycles. The minimum Gasteiger partial charge on any atom is -0.300 e. The van der Waals surface area contributed by atoms with Crippen molar-refractivity contribution in [1.29, 1.82) is 0 Å². The van der Waals surface area contributed by atoms with Crippen LogP contribution in [-0.4, -0.2) is 49.8 Å². The van der Waals surface area contributed by atoms with Crippen molar-refractivity contribution in [2.75, 3.05) is 9.80 Å². The summed E-state index contributed by atoms with van der Waals surface area (Å²) in [5.74, 6) is -3.64. The molecule has 0 amide bonds. The first-order valence-electron chi connectivity index (χ1n) is 43.9. The number of benzene rings is 10. The molecule has 0 radical (unpaired) electrons. The van der Waals surface area contributed by atoms with Gasteiger partial charge in [-0.2, -0.15) is 0 Å². The van der Waals surface area contributed by atoms with Crippen LogP contribution in [0.4, 0.5) is 69.8 Å². The first-order valence-corrected chi connectivity index (χ1v) is 43.9. The Morgan fingerprint density at radius 3 is 0.892 bits per heavy atom. The minimum atomic E-state index is -0.789. The number of anilines is 6. The molecule has 1 aliphatic rings. The van der Waals surface area contributed by atoms with Gasteiger partial charge in [0.25, 0.3) is 0 Å². The first-order chi connectivity index (χ1) is 65.2. The van der Waals surface area contributed by atoms with Crippen LogP contribution in [-0.2, 0) is 106 Å². The predicted molar refractivity (Wildman–Crippen MR) is 513 cm³/mol. The van der Waals surface area contributed by atoms with Crippen LogP contribution in [0.2, 0.25) is 0 Å². The Balaban J connectivity index is 0.000000165. The molecule has 0 bridgehead atoms. The van der Waals surface area contributed by atoms with Crippen LogP contribution >= 0.6 is 0 Å². The van der Waals surface area contributed by atoms with E-state index in [0.717, 1.165) is 148 Å². The predicted octanol–water partition coefficient (Wildman–Crippen LogP) is 28.6. The van der Waals surface area contributed by atoms with Gasteiger partial charge in [-0.1, -0.05) is 217 Å². The van der Waals surface area contributed by atoms with Gasteiger partial charge in [0.05, 0.1) is 16.8 Å². The van der Waals surface area contributed by atoms with E-state index in [1.807, 2.05) is 172 Å². The van der Waals surface area contributed by atoms with Crippen LogP contribution in [0.3, 0.4) is 0 Å². The Kier molecular flexibility index (Phi) is 35.6. The zero-order chi connectivity index (χ0) is 94.4. The molecule has 12 nitrogen and oxygen atoms in total. The Bertz CT molecular complexity index is 6790. The van der Waals surface area contributed by atoms with Crippen molar-refractivity contribution < 1.29 is 119 Å². The third kappa shape index (κ3) is 25.4. The number of para-hydroxylation sites is 2. The number of aromatic nitrogens is 10. The monoisotopic (exact) mass is 2570 g/mol. The van der Waals surface area contributed by atoms with Crippen LogP contribution in [0.1, 0.15) is 121 Å². The molecule has 704 valence electrons. The summed E-state index contributed by atoms with van der Waals surface area (Å²) in [5, 5.41) is 0. The van der Waals surface area contributed by atoms with Crippen molar-refractivity contribution in [3.8, 4) is 90.1 Å². The minimum absolute atomic E-state index is 0. The van der Waals surface area contributed by atoms with Crippen LogP contribution in [0, 0.1) is 95.1 Å². The van der Waals surface area contributed by atoms with E-state index in [1.165, 1.54) is 17.5 Å². The van der Waals surface area contributed by atoms with E-state index >= 15 is 0 Å². The summed E-state index contributed by atoms with van der Waals surface area (Å²) in [4.78, 5) is 51.6. The molecule has 8 heterocycles. The summed E-state index contributed by atoms with van der Waals surface area (Å²) in [6.07, 6.45) is 13.0. The van der Waals surface area contributed by atoms with E-state index in [-0.39, 0.29) is 134 Å². The van der Waals surface area contributed by atoms with E-state index in [0.29, 0.717) is 40.1 Å². The van der Waals surface area contributed by atoms with E-state index in [2.05, 4.69) is 173 Å². The summed E-state index contributed by atoms with van der Waals surface area (Å²) < 4.78 is 110. The van der Waals surface area contributed by atoms with Crippen molar-refractivity contribution in [2.24, 2.45) is 0 Å². The SMILES string of the molecule is CC(C)(C)c1c[c-]c(-c2cncc(C3(c4cncc(-c5[c-]cc(C(C)(C)C)cc5)n4)CCCCC3)n2)cc1.CC(C)(c1cccc(-c2[c-]cc(F)cc2F)n1)c1cccc(-c2[c-]cc(F)cc2F)n1.Fc1c[c-]c(-c2cccc(N(c3ccccc3)c3cccc(-c4[c-]cc(F)cc4F)n3)n2)c(F)c1.[Pt+2].[Pt+2].[Pt+2].[Pt+2].[c-]1ccccc1-c1cccc(N(c2ccccc2)c2cccc(-c3[c-]cccc3)n2)n1. The first kappa shape index (κ1) is 105. The van der Waals surface area contributed by atoms with Gasteiger partial charge in [-0.05, 0) is 132 Å². The maximum Gasteiger partial charge on any atom is 2.00 e. The molecule has 0 aliphatic heterocycles. The molecule has 0 unspecified atom stereocenters. The van der Waals surface area contributed by atoms with Gasteiger partial charge < -0.3 is 9.97 Å². The summed E-state index contributed by atoms with van der Waals surface area (Å²) in [6.45, 7) is 17.1. The Hall–Kier alpha value is -12.9. The van der Waals surface area contributed by atoms with Gasteiger partial charge in [-0.15, -0.1) is 191 Å². The molecule has 0 atom stereocenters. The Morgan fingerprint density at radius 1 is 0.273 bits per heavy atom. The van der Waals surface area contributed by atoms with Crippen molar-refractivity contribution in [3.63, 3.8) is 0 Å². The summed E-state index contributed by atoms with van der Waals surface area (Å²) in [6, 6.07) is 111. The maximum absolute atomic E-state index is 14.4. The third-order valence-corrected chi connectivity index (χ3v) is 23.0. The molecular formula is C115H88F8N12Pt4. The van der Waals surface area contributed by atoms with Gasteiger partial charge in [-0.3, -0.25) is 84.8 Å². The molecule has 139 heavy (non-hydrogen) atoms. The van der Waals surface area contributed by atoms with E-state index < -0.39 is 52.0 Å². The van der Waals surface area contributed by atoms with Crippen molar-refractivity contribution in [1.82, 2.24) is 49.8 Å². The van der Waals surface area contributed by atoms with E-state index in [4.69, 9.17) is 19.9 Å². The van der Waals surface area contributed by atoms with Gasteiger partial charge >= 0.3 is 84.3 Å². The van der Waals surface area contributed by atoms with Crippen molar-refractivity contribution >= 4 is 34.6 Å². The second-order valence-corrected chi connectivity index (χ2v) is 34.7. The average molecular weight is 2570 g/mol. The zero-order valence-electron chi connectivity index (χ0n) is 76.4. The molecule has 0 spiro atoms. The number of rotatable bonds is 18. The molecule has 1 fully saturated rings. The maximum atomic E-state index is 14.4. The normalized spacial score (nSPS) is 12.0. The second-order valence-electron chi connectivity index (χ2n) is 34.7. The van der Waals surface area contributed by atoms with Gasteiger partial charge in [0, 0.05) is 111 Å². The molecule has 10 aromatic carbocycles. The molecule has 8 aromatic heterocycles. The molecule has 18 aromatic rings. The van der Waals surface area contributed by atoms with Crippen LogP contribution in [0.15, 0.2) is 328 Å². The van der Waals surface area contributed by atoms with Crippen LogP contribution in [0.25, 0.3) is 90.1 Å². The smallest absolute Gasteiger partial charge is 0.300 e. The molecule has 24 heteroatoms. The summed E-state index contributed by atoms with van der Waals surface area (Å²) >= 11 is 0. The second kappa shape index (κ2) is 47.1. The molecule has 19 rings (SSSR count). The summed E-state index contributed by atoms with van der Waals surface area (Å²) in [5.41, 5.74) is 15.0. The average Bonchev–Trinajstić information content (AvgIpc) is 0.755. The fraction of sp³-hybridized carbons (Fsp3) is 0.148. The van der Waals surface area contributed by atoms with Crippen molar-refractivity contribution in [3.05, 3.63) is 457 Å². The molecule has 1 aliphatic carbocycles. The molecule has 0 N–H and O–H groups in total. The van der Waals surface area contributed by atoms with E-state index in [1.54, 1.807) is 77.7 Å². The van der Waals surface area contributed by atoms with E-state index in [9.17, 15) is 35.1 Å². The Morgan fingerprint density at radius 2 is 0.583 bits per heavy atom. The standard InChI is InChI=1S/C34H38N4.C28H15F4N3.C28H19N3.C25H16F4N2.4Pt/c1-32(2,3)26-14-10-24(11-15-26)28-20-35-22-30(37-28)34(18-8-7-9-19-34)31-23-36-21-29(38-31)25-12-16-27(17-13-25)33(4,5)6;29-18-12-14-21(23(31)16-18)25-8-4-10-27(33-25)35(20-6-2-1-3-7-20)28-11-5-9-26(34-28)22-15-13-19(30)17-24(22)32;1-4-12-22(13-5-1)25-18-10-20-27(29-25)31(24-16-8-3-9-17-24)28-21-11-19-26(30-28)23-14-6-2-7-15-23;1-25(2,23-7-3-5-21(30-23)17-11-9-15(26)13-19(17)28)24-8-4-6-22(31-24)18-12-10-16(27)14-20(18)29;;;;/h10,12,14-17,20-23H,7-9,18-19H2,1-6H3;1-13,16-17H;1-12,14,16-21H;3-10,13-14H,1-2H3;;;;/q4*-2;4*+2. The molecule has 0 saturated heterocycles. The van der Waals surface area contributed by atoms with Crippen LogP contribution < -0.4 is 9.80 Å². The van der Waals surface area contributed by atoms with Gasteiger partial charge in [-0.25, -0.2) is 0 Å². The largest absolute Gasteiger partial charge is 2.00 e. The van der Waals surface area contributed by atoms with Crippen molar-refractivity contribution in [2.45, 2.75) is 109 Å². The number of pyridine rings is 6. The van der Waals surface area contributed by atoms with Crippen LogP contribution in [0.5, 0.6) is 0 Å². The number of halogens is 8. The number of hydrogen-bond acceptors (Lipinski definition) is 12.